The average molecular weight is 309 g/mol. The number of nitrogens with zero attached hydrogens (tertiary/aromatic N) is 4. The zero-order valence-electron chi connectivity index (χ0n) is 11.0. The minimum atomic E-state index is -4.11. The second-order valence-corrected chi connectivity index (χ2v) is 5.68. The third kappa shape index (κ3) is 3.45. The lowest BCUT2D eigenvalue weighted by molar-refractivity contribution is -0.384. The molecule has 0 bridgehead atoms. The predicted molar refractivity (Wildman–Crippen MR) is 72.6 cm³/mol. The molecular formula is C11H11N5O4S. The van der Waals surface area contributed by atoms with Gasteiger partial charge in [0, 0.05) is 19.2 Å². The van der Waals surface area contributed by atoms with Crippen LogP contribution in [0.25, 0.3) is 0 Å². The van der Waals surface area contributed by atoms with E-state index in [9.17, 15) is 18.5 Å². The van der Waals surface area contributed by atoms with E-state index in [1.54, 1.807) is 12.1 Å². The van der Waals surface area contributed by atoms with Gasteiger partial charge >= 0.3 is 0 Å². The van der Waals surface area contributed by atoms with Gasteiger partial charge in [0.25, 0.3) is 5.69 Å². The number of sulfonamides is 1. The third-order valence-corrected chi connectivity index (χ3v) is 4.41. The number of nitro benzene ring substituents is 1. The van der Waals surface area contributed by atoms with Crippen molar-refractivity contribution in [3.05, 3.63) is 28.3 Å². The number of nitriles is 2. The Bertz CT molecular complexity index is 716. The third-order valence-electron chi connectivity index (χ3n) is 2.56. The van der Waals surface area contributed by atoms with Crippen LogP contribution in [0.5, 0.6) is 0 Å². The molecule has 0 fully saturated rings. The number of anilines is 1. The molecule has 1 aromatic carbocycles. The van der Waals surface area contributed by atoms with Gasteiger partial charge in [-0.25, -0.2) is 8.42 Å². The molecule has 0 aliphatic rings. The summed E-state index contributed by atoms with van der Waals surface area (Å²) in [7, 11) is -2.69. The fourth-order valence-electron chi connectivity index (χ4n) is 1.57. The number of hydrogen-bond acceptors (Lipinski definition) is 7. The first-order valence-corrected chi connectivity index (χ1v) is 7.02. The molecule has 0 unspecified atom stereocenters. The van der Waals surface area contributed by atoms with Gasteiger partial charge in [0.15, 0.2) is 0 Å². The van der Waals surface area contributed by atoms with Crippen molar-refractivity contribution in [2.24, 2.45) is 0 Å². The van der Waals surface area contributed by atoms with E-state index in [-0.39, 0.29) is 16.3 Å². The summed E-state index contributed by atoms with van der Waals surface area (Å²) in [6, 6.07) is 6.52. The normalized spacial score (nSPS) is 10.7. The molecule has 10 heteroatoms. The number of benzene rings is 1. The van der Waals surface area contributed by atoms with Gasteiger partial charge in [-0.05, 0) is 6.07 Å². The van der Waals surface area contributed by atoms with Crippen LogP contribution in [-0.2, 0) is 10.0 Å². The number of nitro groups is 1. The molecule has 0 aromatic heterocycles. The lowest BCUT2D eigenvalue weighted by atomic mass is 10.3. The highest BCUT2D eigenvalue weighted by Gasteiger charge is 2.27. The van der Waals surface area contributed by atoms with Crippen molar-refractivity contribution in [3.8, 4) is 12.1 Å². The fraction of sp³-hybridized carbons (Fsp3) is 0.273. The van der Waals surface area contributed by atoms with Crippen LogP contribution < -0.4 is 5.32 Å². The Morgan fingerprint density at radius 1 is 1.33 bits per heavy atom. The Labute approximate surface area is 121 Å². The fourth-order valence-corrected chi connectivity index (χ4v) is 2.99. The van der Waals surface area contributed by atoms with Gasteiger partial charge in [-0.15, -0.1) is 0 Å². The molecule has 0 aliphatic carbocycles. The second-order valence-electron chi connectivity index (χ2n) is 3.78. The van der Waals surface area contributed by atoms with E-state index in [1.165, 1.54) is 7.05 Å². The smallest absolute Gasteiger partial charge is 0.271 e. The molecule has 1 rings (SSSR count). The highest BCUT2D eigenvalue weighted by molar-refractivity contribution is 7.89. The molecule has 0 saturated heterocycles. The quantitative estimate of drug-likeness (QED) is 0.462. The molecule has 0 heterocycles. The van der Waals surface area contributed by atoms with E-state index >= 15 is 0 Å². The first-order valence-electron chi connectivity index (χ1n) is 5.58. The zero-order valence-corrected chi connectivity index (χ0v) is 11.8. The molecule has 0 atom stereocenters. The molecule has 0 amide bonds. The maximum atomic E-state index is 12.4. The number of hydrogen-bond donors (Lipinski definition) is 1. The minimum Gasteiger partial charge on any atom is -0.387 e. The van der Waals surface area contributed by atoms with Crippen molar-refractivity contribution in [1.82, 2.24) is 4.31 Å². The summed E-state index contributed by atoms with van der Waals surface area (Å²) in [5.41, 5.74) is -0.254. The van der Waals surface area contributed by atoms with Gasteiger partial charge in [0.05, 0.1) is 22.7 Å². The molecule has 0 spiro atoms. The Morgan fingerprint density at radius 2 is 1.90 bits per heavy atom. The van der Waals surface area contributed by atoms with Crippen molar-refractivity contribution in [2.75, 3.05) is 25.5 Å². The highest BCUT2D eigenvalue weighted by Crippen LogP contribution is 2.28. The number of rotatable bonds is 6. The topological polar surface area (TPSA) is 140 Å². The first-order chi connectivity index (χ1) is 9.88. The molecule has 0 radical (unpaired) electrons. The van der Waals surface area contributed by atoms with Gasteiger partial charge in [0.2, 0.25) is 10.0 Å². The van der Waals surface area contributed by atoms with Crippen molar-refractivity contribution >= 4 is 21.4 Å². The van der Waals surface area contributed by atoms with Crippen LogP contribution in [0.3, 0.4) is 0 Å². The van der Waals surface area contributed by atoms with Crippen molar-refractivity contribution < 1.29 is 13.3 Å². The molecule has 0 aliphatic heterocycles. The lowest BCUT2D eigenvalue weighted by Crippen LogP contribution is -2.32. The number of nitrogens with one attached hydrogen (secondary N) is 1. The second kappa shape index (κ2) is 6.65. The monoisotopic (exact) mass is 309 g/mol. The zero-order chi connectivity index (χ0) is 16.0. The summed E-state index contributed by atoms with van der Waals surface area (Å²) < 4.78 is 25.5. The maximum absolute atomic E-state index is 12.4. The van der Waals surface area contributed by atoms with Crippen LogP contribution in [-0.4, -0.2) is 37.8 Å². The van der Waals surface area contributed by atoms with Crippen molar-refractivity contribution in [2.45, 2.75) is 4.90 Å². The average Bonchev–Trinajstić information content (AvgIpc) is 2.46. The Kier molecular flexibility index (Phi) is 5.18. The molecule has 110 valence electrons. The summed E-state index contributed by atoms with van der Waals surface area (Å²) in [6.07, 6.45) is 0. The van der Waals surface area contributed by atoms with Crippen LogP contribution in [0.2, 0.25) is 0 Å². The molecule has 0 saturated carbocycles. The first kappa shape index (κ1) is 16.4. The van der Waals surface area contributed by atoms with Gasteiger partial charge < -0.3 is 5.32 Å². The van der Waals surface area contributed by atoms with E-state index in [4.69, 9.17) is 10.5 Å². The minimum absolute atomic E-state index is 0.0186. The van der Waals surface area contributed by atoms with Gasteiger partial charge in [-0.1, -0.05) is 0 Å². The predicted octanol–water partition coefficient (Wildman–Crippen LogP) is 0.674. The van der Waals surface area contributed by atoms with E-state index in [0.717, 1.165) is 18.2 Å². The van der Waals surface area contributed by atoms with Crippen LogP contribution in [0.15, 0.2) is 23.1 Å². The van der Waals surface area contributed by atoms with E-state index in [1.807, 2.05) is 0 Å². The number of non-ortho nitro benzene ring substituents is 1. The largest absolute Gasteiger partial charge is 0.387 e. The highest BCUT2D eigenvalue weighted by atomic mass is 32.2. The van der Waals surface area contributed by atoms with E-state index in [2.05, 4.69) is 5.32 Å². The maximum Gasteiger partial charge on any atom is 0.271 e. The SMILES string of the molecule is CNc1cc([N+](=O)[O-])ccc1S(=O)(=O)N(CC#N)CC#N. The summed E-state index contributed by atoms with van der Waals surface area (Å²) >= 11 is 0. The van der Waals surface area contributed by atoms with Gasteiger partial charge in [-0.2, -0.15) is 14.8 Å². The standard InChI is InChI=1S/C11H11N5O4S/c1-14-10-8-9(16(17)18)2-3-11(10)21(19,20)15(6-4-12)7-5-13/h2-3,8,14H,6-7H2,1H3. The van der Waals surface area contributed by atoms with Crippen LogP contribution in [0.1, 0.15) is 0 Å². The van der Waals surface area contributed by atoms with E-state index in [0.29, 0.717) is 4.31 Å². The summed E-state index contributed by atoms with van der Waals surface area (Å²) in [4.78, 5) is 9.81. The van der Waals surface area contributed by atoms with Crippen molar-refractivity contribution in [3.63, 3.8) is 0 Å². The van der Waals surface area contributed by atoms with Gasteiger partial charge in [-0.3, -0.25) is 10.1 Å². The Hall–Kier alpha value is -2.69. The summed E-state index contributed by atoms with van der Waals surface area (Å²) in [5, 5.41) is 30.6. The molecular weight excluding hydrogens is 298 g/mol. The summed E-state index contributed by atoms with van der Waals surface area (Å²) in [6.45, 7) is -0.980. The lowest BCUT2D eigenvalue weighted by Gasteiger charge is -2.18. The van der Waals surface area contributed by atoms with Gasteiger partial charge in [0.1, 0.15) is 18.0 Å². The van der Waals surface area contributed by atoms with Crippen LogP contribution >= 0.6 is 0 Å². The Morgan fingerprint density at radius 3 is 2.33 bits per heavy atom. The molecule has 9 nitrogen and oxygen atoms in total. The van der Waals surface area contributed by atoms with E-state index < -0.39 is 28.0 Å². The molecule has 1 N–H and O–H groups in total. The van der Waals surface area contributed by atoms with Crippen LogP contribution in [0.4, 0.5) is 11.4 Å². The van der Waals surface area contributed by atoms with Crippen LogP contribution in [0, 0.1) is 32.8 Å². The Balaban J connectivity index is 3.40. The molecule has 21 heavy (non-hydrogen) atoms. The molecule has 1 aromatic rings. The van der Waals surface area contributed by atoms with Crippen molar-refractivity contribution in [1.29, 1.82) is 10.5 Å². The summed E-state index contributed by atoms with van der Waals surface area (Å²) in [5.74, 6) is 0.